The molecule has 1 heterocycles. The summed E-state index contributed by atoms with van der Waals surface area (Å²) in [6, 6.07) is 27.9. The zero-order valence-corrected chi connectivity index (χ0v) is 26.9. The summed E-state index contributed by atoms with van der Waals surface area (Å²) in [6.45, 7) is 2.11. The van der Waals surface area contributed by atoms with E-state index in [9.17, 15) is 29.4 Å². The molecule has 5 rings (SSSR count). The van der Waals surface area contributed by atoms with Crippen LogP contribution in [-0.2, 0) is 32.1 Å². The average molecular weight is 651 g/mol. The summed E-state index contributed by atoms with van der Waals surface area (Å²) in [7, 11) is 1.32. The molecule has 1 aromatic heterocycles. The van der Waals surface area contributed by atoms with Crippen LogP contribution in [0.25, 0.3) is 21.9 Å². The van der Waals surface area contributed by atoms with E-state index in [-0.39, 0.29) is 12.5 Å². The van der Waals surface area contributed by atoms with E-state index in [1.807, 2.05) is 85.8 Å². The number of para-hydroxylation sites is 2. The summed E-state index contributed by atoms with van der Waals surface area (Å²) in [5.74, 6) is -4.56. The second-order valence-electron chi connectivity index (χ2n) is 12.0. The van der Waals surface area contributed by atoms with Gasteiger partial charge in [-0.2, -0.15) is 0 Å². The van der Waals surface area contributed by atoms with Crippen molar-refractivity contribution in [1.82, 2.24) is 9.88 Å². The first-order valence-electron chi connectivity index (χ1n) is 15.9. The molecule has 0 bridgehead atoms. The van der Waals surface area contributed by atoms with Crippen LogP contribution in [-0.4, -0.2) is 57.1 Å². The van der Waals surface area contributed by atoms with Crippen LogP contribution in [0.15, 0.2) is 95.4 Å². The van der Waals surface area contributed by atoms with Gasteiger partial charge in [-0.15, -0.1) is 0 Å². The van der Waals surface area contributed by atoms with Crippen molar-refractivity contribution in [2.24, 2.45) is 5.92 Å². The molecular weight excluding hydrogens is 612 g/mol. The minimum Gasteiger partial charge on any atom is -0.481 e. The third-order valence-electron chi connectivity index (χ3n) is 8.76. The van der Waals surface area contributed by atoms with Crippen molar-refractivity contribution in [3.63, 3.8) is 0 Å². The third-order valence-corrected chi connectivity index (χ3v) is 8.76. The lowest BCUT2D eigenvalue weighted by molar-refractivity contribution is -0.151. The molecule has 0 saturated carbocycles. The van der Waals surface area contributed by atoms with E-state index in [0.29, 0.717) is 36.3 Å². The van der Waals surface area contributed by atoms with E-state index in [4.69, 9.17) is 9.15 Å². The highest BCUT2D eigenvalue weighted by atomic mass is 16.5. The zero-order chi connectivity index (χ0) is 34.2. The molecule has 0 fully saturated rings. The fourth-order valence-corrected chi connectivity index (χ4v) is 6.17. The summed E-state index contributed by atoms with van der Waals surface area (Å²) in [5, 5.41) is 21.2. The van der Waals surface area contributed by atoms with E-state index in [1.54, 1.807) is 17.0 Å². The van der Waals surface area contributed by atoms with Gasteiger partial charge in [-0.3, -0.25) is 14.4 Å². The molecule has 4 aromatic carbocycles. The number of hydrogen-bond donors (Lipinski definition) is 2. The maximum atomic E-state index is 14.0. The van der Waals surface area contributed by atoms with E-state index in [2.05, 4.69) is 4.98 Å². The number of benzene rings is 4. The number of carboxylic acids is 2. The summed E-state index contributed by atoms with van der Waals surface area (Å²) in [5.41, 5.74) is 3.60. The number of carbonyl (C=O) groups is 4. The Hall–Kier alpha value is -5.51. The SMILES string of the molecule is COC(=O)c1ccc(C(CCCc2nc3ccccc3o2)C(C)N(Cc2ccc3ccccc3c2)C(=O)CC(CC(=O)O)C(=O)O)cc1. The van der Waals surface area contributed by atoms with Crippen LogP contribution < -0.4 is 0 Å². The first kappa shape index (κ1) is 33.8. The van der Waals surface area contributed by atoms with Crippen molar-refractivity contribution < 1.29 is 38.5 Å². The molecule has 2 N–H and O–H groups in total. The number of fused-ring (bicyclic) bond motifs is 2. The largest absolute Gasteiger partial charge is 0.481 e. The molecule has 0 saturated heterocycles. The molecule has 0 spiro atoms. The highest BCUT2D eigenvalue weighted by molar-refractivity contribution is 5.89. The van der Waals surface area contributed by atoms with Crippen LogP contribution in [0.5, 0.6) is 0 Å². The van der Waals surface area contributed by atoms with Gasteiger partial charge >= 0.3 is 17.9 Å². The Morgan fingerprint density at radius 2 is 1.58 bits per heavy atom. The van der Waals surface area contributed by atoms with Crippen molar-refractivity contribution >= 4 is 45.7 Å². The van der Waals surface area contributed by atoms with Gasteiger partial charge in [0.2, 0.25) is 5.91 Å². The molecule has 0 aliphatic rings. The lowest BCUT2D eigenvalue weighted by Crippen LogP contribution is -2.43. The number of hydrogen-bond acceptors (Lipinski definition) is 7. The smallest absolute Gasteiger partial charge is 0.337 e. The summed E-state index contributed by atoms with van der Waals surface area (Å²) in [4.78, 5) is 55.9. The van der Waals surface area contributed by atoms with E-state index >= 15 is 0 Å². The molecule has 10 heteroatoms. The molecule has 0 aliphatic heterocycles. The molecule has 48 heavy (non-hydrogen) atoms. The quantitative estimate of drug-likeness (QED) is 0.116. The molecule has 5 aromatic rings. The first-order valence-corrected chi connectivity index (χ1v) is 15.9. The van der Waals surface area contributed by atoms with Crippen LogP contribution in [0.1, 0.15) is 65.9 Å². The number of aryl methyl sites for hydroxylation is 1. The van der Waals surface area contributed by atoms with Gasteiger partial charge in [0.05, 0.1) is 25.0 Å². The Morgan fingerprint density at radius 1 is 0.875 bits per heavy atom. The molecule has 1 amide bonds. The number of rotatable bonds is 15. The fourth-order valence-electron chi connectivity index (χ4n) is 6.17. The Bertz CT molecular complexity index is 1880. The molecule has 248 valence electrons. The van der Waals surface area contributed by atoms with Gasteiger partial charge in [-0.1, -0.05) is 60.7 Å². The van der Waals surface area contributed by atoms with Gasteiger partial charge in [0, 0.05) is 31.3 Å². The van der Waals surface area contributed by atoms with Crippen LogP contribution in [0.2, 0.25) is 0 Å². The predicted molar refractivity (Wildman–Crippen MR) is 179 cm³/mol. The predicted octanol–water partition coefficient (Wildman–Crippen LogP) is 6.86. The molecule has 0 radical (unpaired) electrons. The van der Waals surface area contributed by atoms with Gasteiger partial charge < -0.3 is 24.3 Å². The van der Waals surface area contributed by atoms with Crippen molar-refractivity contribution in [2.45, 2.75) is 57.5 Å². The second-order valence-corrected chi connectivity index (χ2v) is 12.0. The molecule has 10 nitrogen and oxygen atoms in total. The average Bonchev–Trinajstić information content (AvgIpc) is 3.51. The third kappa shape index (κ3) is 8.25. The molecule has 3 atom stereocenters. The number of amides is 1. The van der Waals surface area contributed by atoms with Gasteiger partial charge in [-0.25, -0.2) is 9.78 Å². The minimum absolute atomic E-state index is 0.187. The fraction of sp³-hybridized carbons (Fsp3) is 0.289. The Kier molecular flexibility index (Phi) is 10.8. The molecule has 3 unspecified atom stereocenters. The number of aromatic nitrogens is 1. The van der Waals surface area contributed by atoms with E-state index in [1.165, 1.54) is 7.11 Å². The Labute approximate surface area is 278 Å². The van der Waals surface area contributed by atoms with Crippen molar-refractivity contribution in [1.29, 1.82) is 0 Å². The number of nitrogens with zero attached hydrogens (tertiary/aromatic N) is 2. The van der Waals surface area contributed by atoms with Crippen LogP contribution >= 0.6 is 0 Å². The Morgan fingerprint density at radius 3 is 2.27 bits per heavy atom. The number of ether oxygens (including phenoxy) is 1. The highest BCUT2D eigenvalue weighted by Gasteiger charge is 2.32. The van der Waals surface area contributed by atoms with Crippen LogP contribution in [0.4, 0.5) is 0 Å². The van der Waals surface area contributed by atoms with Crippen LogP contribution in [0, 0.1) is 5.92 Å². The van der Waals surface area contributed by atoms with E-state index in [0.717, 1.165) is 27.4 Å². The van der Waals surface area contributed by atoms with Crippen LogP contribution in [0.3, 0.4) is 0 Å². The van der Waals surface area contributed by atoms with Gasteiger partial charge in [0.15, 0.2) is 11.5 Å². The number of carbonyl (C=O) groups excluding carboxylic acids is 2. The molecular formula is C38H38N2O8. The zero-order valence-electron chi connectivity index (χ0n) is 26.9. The number of methoxy groups -OCH3 is 1. The molecule has 0 aliphatic carbocycles. The lowest BCUT2D eigenvalue weighted by atomic mass is 9.85. The standard InChI is InChI=1S/C38H38N2O8/c1-24(40(35(41)21-30(37(44)45)22-36(42)43)23-25-14-15-26-8-3-4-9-29(26)20-25)31(27-16-18-28(19-17-27)38(46)47-2)10-7-13-34-39-32-11-5-6-12-33(32)48-34/h3-6,8-9,11-12,14-20,24,30-31H,7,10,13,21-23H2,1-2H3,(H,42,43)(H,44,45). The van der Waals surface area contributed by atoms with E-state index < -0.39 is 48.6 Å². The topological polar surface area (TPSA) is 147 Å². The van der Waals surface area contributed by atoms with Gasteiger partial charge in [-0.05, 0) is 72.0 Å². The summed E-state index contributed by atoms with van der Waals surface area (Å²) < 4.78 is 10.8. The van der Waals surface area contributed by atoms with Gasteiger partial charge in [0.1, 0.15) is 5.52 Å². The minimum atomic E-state index is -1.38. The highest BCUT2D eigenvalue weighted by Crippen LogP contribution is 2.32. The Balaban J connectivity index is 1.47. The van der Waals surface area contributed by atoms with Crippen molar-refractivity contribution in [2.75, 3.05) is 7.11 Å². The maximum absolute atomic E-state index is 14.0. The number of carboxylic acid groups (broad SMARTS) is 2. The summed E-state index contributed by atoms with van der Waals surface area (Å²) in [6.07, 6.45) is 0.695. The second kappa shape index (κ2) is 15.4. The normalized spacial score (nSPS) is 13.1. The van der Waals surface area contributed by atoms with Crippen molar-refractivity contribution in [3.8, 4) is 0 Å². The maximum Gasteiger partial charge on any atom is 0.337 e. The summed E-state index contributed by atoms with van der Waals surface area (Å²) >= 11 is 0. The van der Waals surface area contributed by atoms with Crippen molar-refractivity contribution in [3.05, 3.63) is 114 Å². The van der Waals surface area contributed by atoms with Gasteiger partial charge in [0.25, 0.3) is 0 Å². The lowest BCUT2D eigenvalue weighted by Gasteiger charge is -2.36. The first-order chi connectivity index (χ1) is 23.1. The monoisotopic (exact) mass is 650 g/mol. The number of oxazole rings is 1. The number of esters is 1. The number of aliphatic carboxylic acids is 2.